The van der Waals surface area contributed by atoms with Gasteiger partial charge in [0, 0.05) is 19.1 Å². The number of aromatic nitrogens is 2. The Kier molecular flexibility index (Phi) is 3.43. The van der Waals surface area contributed by atoms with Crippen molar-refractivity contribution in [3.63, 3.8) is 0 Å². The summed E-state index contributed by atoms with van der Waals surface area (Å²) in [4.78, 5) is 10.4. The summed E-state index contributed by atoms with van der Waals surface area (Å²) < 4.78 is 5.43. The number of hydrogen-bond acceptors (Lipinski definition) is 5. The molecular formula is C13H17N3OS. The molecule has 1 aliphatic heterocycles. The van der Waals surface area contributed by atoms with E-state index in [0.29, 0.717) is 5.92 Å². The fourth-order valence-corrected chi connectivity index (χ4v) is 2.94. The van der Waals surface area contributed by atoms with Crippen molar-refractivity contribution in [2.24, 2.45) is 0 Å². The summed E-state index contributed by atoms with van der Waals surface area (Å²) >= 11 is 1.68. The standard InChI is InChI=1S/C13H17N3OS/c1-2-5-14-12-10-4-7-18-13(10)16-11(15-12)9-3-6-17-8-9/h4,7,9H,2-3,5-6,8H2,1H3,(H,14,15,16). The van der Waals surface area contributed by atoms with E-state index < -0.39 is 0 Å². The number of thiophene rings is 1. The van der Waals surface area contributed by atoms with Crippen LogP contribution in [0.5, 0.6) is 0 Å². The first-order valence-corrected chi connectivity index (χ1v) is 7.33. The maximum atomic E-state index is 5.43. The van der Waals surface area contributed by atoms with Gasteiger partial charge in [-0.05, 0) is 24.3 Å². The molecule has 1 N–H and O–H groups in total. The van der Waals surface area contributed by atoms with Crippen molar-refractivity contribution in [1.29, 1.82) is 0 Å². The molecule has 0 spiro atoms. The maximum absolute atomic E-state index is 5.43. The second kappa shape index (κ2) is 5.20. The summed E-state index contributed by atoms with van der Waals surface area (Å²) in [7, 11) is 0. The third-order valence-corrected chi connectivity index (χ3v) is 3.99. The van der Waals surface area contributed by atoms with Crippen molar-refractivity contribution >= 4 is 27.4 Å². The number of anilines is 1. The van der Waals surface area contributed by atoms with E-state index in [1.807, 2.05) is 0 Å². The molecule has 0 aromatic carbocycles. The highest BCUT2D eigenvalue weighted by molar-refractivity contribution is 7.16. The molecule has 3 rings (SSSR count). The number of fused-ring (bicyclic) bond motifs is 1. The molecule has 1 saturated heterocycles. The number of nitrogens with one attached hydrogen (secondary N) is 1. The van der Waals surface area contributed by atoms with Crippen molar-refractivity contribution in [1.82, 2.24) is 9.97 Å². The van der Waals surface area contributed by atoms with Crippen LogP contribution in [-0.2, 0) is 4.74 Å². The highest BCUT2D eigenvalue weighted by Crippen LogP contribution is 2.29. The molecule has 0 amide bonds. The van der Waals surface area contributed by atoms with Gasteiger partial charge in [0.05, 0.1) is 12.0 Å². The molecule has 2 aromatic heterocycles. The second-order valence-electron chi connectivity index (χ2n) is 4.56. The van der Waals surface area contributed by atoms with E-state index in [1.54, 1.807) is 11.3 Å². The van der Waals surface area contributed by atoms with Crippen LogP contribution in [0.1, 0.15) is 31.5 Å². The first-order chi connectivity index (χ1) is 8.88. The lowest BCUT2D eigenvalue weighted by Gasteiger charge is -2.10. The summed E-state index contributed by atoms with van der Waals surface area (Å²) in [6.07, 6.45) is 2.13. The number of hydrogen-bond donors (Lipinski definition) is 1. The van der Waals surface area contributed by atoms with Gasteiger partial charge in [0.2, 0.25) is 0 Å². The van der Waals surface area contributed by atoms with Crippen LogP contribution in [0.2, 0.25) is 0 Å². The van der Waals surface area contributed by atoms with Gasteiger partial charge < -0.3 is 10.1 Å². The molecule has 1 fully saturated rings. The molecule has 1 unspecified atom stereocenters. The van der Waals surface area contributed by atoms with E-state index in [9.17, 15) is 0 Å². The molecule has 2 aromatic rings. The molecule has 3 heterocycles. The Balaban J connectivity index is 1.99. The fraction of sp³-hybridized carbons (Fsp3) is 0.538. The lowest BCUT2D eigenvalue weighted by atomic mass is 10.1. The number of nitrogens with zero attached hydrogens (tertiary/aromatic N) is 2. The van der Waals surface area contributed by atoms with Crippen molar-refractivity contribution < 1.29 is 4.74 Å². The third kappa shape index (κ3) is 2.20. The molecule has 1 aliphatic rings. The van der Waals surface area contributed by atoms with E-state index in [-0.39, 0.29) is 0 Å². The zero-order valence-electron chi connectivity index (χ0n) is 10.5. The topological polar surface area (TPSA) is 47.0 Å². The van der Waals surface area contributed by atoms with Crippen LogP contribution in [0.4, 0.5) is 5.82 Å². The number of rotatable bonds is 4. The van der Waals surface area contributed by atoms with Crippen molar-refractivity contribution in [3.8, 4) is 0 Å². The second-order valence-corrected chi connectivity index (χ2v) is 5.45. The zero-order chi connectivity index (χ0) is 12.4. The minimum atomic E-state index is 0.360. The SMILES string of the molecule is CCCNc1nc(C2CCOC2)nc2sccc12. The van der Waals surface area contributed by atoms with Crippen LogP contribution in [0, 0.1) is 0 Å². The lowest BCUT2D eigenvalue weighted by Crippen LogP contribution is -2.09. The molecule has 0 bridgehead atoms. The first kappa shape index (κ1) is 11.9. The van der Waals surface area contributed by atoms with Crippen molar-refractivity contribution in [2.45, 2.75) is 25.7 Å². The van der Waals surface area contributed by atoms with Gasteiger partial charge >= 0.3 is 0 Å². The molecule has 1 atom stereocenters. The van der Waals surface area contributed by atoms with Crippen LogP contribution in [0.25, 0.3) is 10.2 Å². The maximum Gasteiger partial charge on any atom is 0.138 e. The Morgan fingerprint density at radius 2 is 2.44 bits per heavy atom. The summed E-state index contributed by atoms with van der Waals surface area (Å²) in [6, 6.07) is 2.09. The molecule has 5 heteroatoms. The van der Waals surface area contributed by atoms with E-state index in [1.165, 1.54) is 0 Å². The molecular weight excluding hydrogens is 246 g/mol. The summed E-state index contributed by atoms with van der Waals surface area (Å²) in [5, 5.41) is 6.61. The monoisotopic (exact) mass is 263 g/mol. The van der Waals surface area contributed by atoms with Crippen molar-refractivity contribution in [2.75, 3.05) is 25.1 Å². The van der Waals surface area contributed by atoms with Gasteiger partial charge in [-0.2, -0.15) is 0 Å². The molecule has 0 saturated carbocycles. The Morgan fingerprint density at radius 1 is 1.50 bits per heavy atom. The van der Waals surface area contributed by atoms with Crippen LogP contribution in [-0.4, -0.2) is 29.7 Å². The molecule has 4 nitrogen and oxygen atoms in total. The molecule has 96 valence electrons. The predicted molar refractivity (Wildman–Crippen MR) is 74.4 cm³/mol. The zero-order valence-corrected chi connectivity index (χ0v) is 11.3. The van der Waals surface area contributed by atoms with Crippen LogP contribution in [0.15, 0.2) is 11.4 Å². The molecule has 0 aliphatic carbocycles. The van der Waals surface area contributed by atoms with Crippen LogP contribution >= 0.6 is 11.3 Å². The van der Waals surface area contributed by atoms with Gasteiger partial charge in [-0.25, -0.2) is 9.97 Å². The summed E-state index contributed by atoms with van der Waals surface area (Å²) in [6.45, 7) is 4.69. The van der Waals surface area contributed by atoms with Crippen molar-refractivity contribution in [3.05, 3.63) is 17.3 Å². The van der Waals surface area contributed by atoms with E-state index in [0.717, 1.165) is 54.5 Å². The van der Waals surface area contributed by atoms with E-state index in [4.69, 9.17) is 9.72 Å². The fourth-order valence-electron chi connectivity index (χ4n) is 2.17. The normalized spacial score (nSPS) is 19.5. The molecule has 0 radical (unpaired) electrons. The van der Waals surface area contributed by atoms with Gasteiger partial charge in [-0.15, -0.1) is 11.3 Å². The van der Waals surface area contributed by atoms with E-state index >= 15 is 0 Å². The Bertz CT molecular complexity index is 534. The molecule has 18 heavy (non-hydrogen) atoms. The largest absolute Gasteiger partial charge is 0.381 e. The average molecular weight is 263 g/mol. The van der Waals surface area contributed by atoms with Gasteiger partial charge in [0.1, 0.15) is 16.5 Å². The van der Waals surface area contributed by atoms with Crippen LogP contribution < -0.4 is 5.32 Å². The van der Waals surface area contributed by atoms with Gasteiger partial charge in [0.25, 0.3) is 0 Å². The first-order valence-electron chi connectivity index (χ1n) is 6.45. The predicted octanol–water partition coefficient (Wildman–Crippen LogP) is 3.02. The Morgan fingerprint density at radius 3 is 3.22 bits per heavy atom. The Labute approximate surface area is 110 Å². The lowest BCUT2D eigenvalue weighted by molar-refractivity contribution is 0.193. The van der Waals surface area contributed by atoms with Gasteiger partial charge in [0.15, 0.2) is 0 Å². The average Bonchev–Trinajstić information content (AvgIpc) is 3.05. The minimum absolute atomic E-state index is 0.360. The smallest absolute Gasteiger partial charge is 0.138 e. The minimum Gasteiger partial charge on any atom is -0.381 e. The number of ether oxygens (including phenoxy) is 1. The van der Waals surface area contributed by atoms with E-state index in [2.05, 4.69) is 28.7 Å². The third-order valence-electron chi connectivity index (χ3n) is 3.18. The summed E-state index contributed by atoms with van der Waals surface area (Å²) in [5.74, 6) is 2.27. The summed E-state index contributed by atoms with van der Waals surface area (Å²) in [5.41, 5.74) is 0. The van der Waals surface area contributed by atoms with Gasteiger partial charge in [-0.3, -0.25) is 0 Å². The van der Waals surface area contributed by atoms with Crippen LogP contribution in [0.3, 0.4) is 0 Å². The van der Waals surface area contributed by atoms with Gasteiger partial charge in [-0.1, -0.05) is 6.92 Å². The Hall–Kier alpha value is -1.20. The highest BCUT2D eigenvalue weighted by Gasteiger charge is 2.22. The highest BCUT2D eigenvalue weighted by atomic mass is 32.1. The quantitative estimate of drug-likeness (QED) is 0.921.